The van der Waals surface area contributed by atoms with E-state index in [1.165, 1.54) is 0 Å². The van der Waals surface area contributed by atoms with Crippen molar-refractivity contribution in [2.75, 3.05) is 0 Å². The molecule has 0 saturated heterocycles. The molecule has 0 heterocycles. The second kappa shape index (κ2) is 15.7. The zero-order chi connectivity index (χ0) is 0. The fourth-order valence-corrected chi connectivity index (χ4v) is 0. The van der Waals surface area contributed by atoms with Crippen LogP contribution in [0.2, 0.25) is 0 Å². The molecule has 0 unspecified atom stereocenters. The third-order valence-corrected chi connectivity index (χ3v) is 0. The van der Waals surface area contributed by atoms with Crippen molar-refractivity contribution in [2.45, 2.75) is 0 Å². The molecule has 0 bridgehead atoms. The normalized spacial score (nSPS) is 0. The van der Waals surface area contributed by atoms with Crippen LogP contribution in [-0.4, -0.2) is 0 Å². The molecular weight excluding hydrogens is 511 g/mol. The second-order valence-electron chi connectivity index (χ2n) is 0. The summed E-state index contributed by atoms with van der Waals surface area (Å²) in [5, 5.41) is 0. The fourth-order valence-electron chi connectivity index (χ4n) is 0. The molecule has 4 heteroatoms. The fraction of sp³-hybridized carbons (Fsp3) is 0. The van der Waals surface area contributed by atoms with Crippen molar-refractivity contribution >= 4 is 0 Å². The molecular formula is CeLaPrZr. The molecule has 0 aliphatic carbocycles. The minimum Gasteiger partial charge on any atom is 0 e. The van der Waals surface area contributed by atoms with Gasteiger partial charge in [0.2, 0.25) is 0 Å². The Hall–Kier alpha value is 4.82. The molecule has 0 aromatic rings. The minimum absolute atomic E-state index is 0. The van der Waals surface area contributed by atoms with Crippen LogP contribution in [0.15, 0.2) is 0 Å². The summed E-state index contributed by atoms with van der Waals surface area (Å²) in [6, 6.07) is 0. The molecule has 0 aromatic carbocycles. The predicted molar refractivity (Wildman–Crippen MR) is 0 cm³/mol. The van der Waals surface area contributed by atoms with Gasteiger partial charge in [0.05, 0.1) is 0 Å². The Morgan fingerprint density at radius 2 is 1.00 bits per heavy atom. The minimum atomic E-state index is 0. The summed E-state index contributed by atoms with van der Waals surface area (Å²) in [6.45, 7) is 0. The average molecular weight is 511 g/mol. The SMILES string of the molecule is [Ce].[La].[Pr].[Zr]. The zero-order valence-corrected chi connectivity index (χ0v) is 15.1. The summed E-state index contributed by atoms with van der Waals surface area (Å²) in [5.74, 6) is 0. The van der Waals surface area contributed by atoms with Crippen molar-refractivity contribution in [2.24, 2.45) is 0 Å². The summed E-state index contributed by atoms with van der Waals surface area (Å²) in [4.78, 5) is 0. The molecule has 0 atom stereocenters. The van der Waals surface area contributed by atoms with E-state index in [1.807, 2.05) is 0 Å². The molecule has 0 aliphatic heterocycles. The standard InChI is InChI=1S/Ce.La.Pr.Zr. The van der Waals surface area contributed by atoms with E-state index in [1.54, 1.807) is 0 Å². The van der Waals surface area contributed by atoms with Gasteiger partial charge in [-0.1, -0.05) is 0 Å². The molecule has 0 aliphatic rings. The first-order chi connectivity index (χ1) is 0. The van der Waals surface area contributed by atoms with Gasteiger partial charge in [0, 0.05) is 145 Å². The van der Waals surface area contributed by atoms with Crippen molar-refractivity contribution in [3.8, 4) is 0 Å². The monoisotopic (exact) mass is 510 g/mol. The first-order valence-electron chi connectivity index (χ1n) is 0. The van der Waals surface area contributed by atoms with Crippen LogP contribution in [0, 0.1) is 119 Å². The maximum absolute atomic E-state index is 0. The summed E-state index contributed by atoms with van der Waals surface area (Å²) in [7, 11) is 0. The van der Waals surface area contributed by atoms with E-state index < -0.39 is 0 Å². The molecule has 2 radical (unpaired) electrons. The summed E-state index contributed by atoms with van der Waals surface area (Å²) in [6.07, 6.45) is 0. The Bertz CT molecular complexity index is 8.00. The van der Waals surface area contributed by atoms with Crippen molar-refractivity contribution in [1.29, 1.82) is 0 Å². The van der Waals surface area contributed by atoms with Gasteiger partial charge in [-0.3, -0.25) is 0 Å². The number of rotatable bonds is 0. The van der Waals surface area contributed by atoms with E-state index >= 15 is 0 Å². The zero-order valence-electron chi connectivity index (χ0n) is 2.15. The molecule has 14 valence electrons. The van der Waals surface area contributed by atoms with Crippen LogP contribution >= 0.6 is 0 Å². The molecule has 4 heavy (non-hydrogen) atoms. The molecule has 0 saturated carbocycles. The molecule has 0 N–H and O–H groups in total. The third-order valence-electron chi connectivity index (χ3n) is 0. The first-order valence-corrected chi connectivity index (χ1v) is 0. The van der Waals surface area contributed by atoms with Gasteiger partial charge in [0.25, 0.3) is 0 Å². The van der Waals surface area contributed by atoms with E-state index in [2.05, 4.69) is 0 Å². The summed E-state index contributed by atoms with van der Waals surface area (Å²) in [5.41, 5.74) is 0. The largest absolute Gasteiger partial charge is 0 e. The second-order valence-corrected chi connectivity index (χ2v) is 0. The molecule has 0 fully saturated rings. The van der Waals surface area contributed by atoms with Gasteiger partial charge >= 0.3 is 0 Å². The van der Waals surface area contributed by atoms with Crippen LogP contribution in [0.25, 0.3) is 0 Å². The van der Waals surface area contributed by atoms with Crippen LogP contribution in [0.5, 0.6) is 0 Å². The summed E-state index contributed by atoms with van der Waals surface area (Å²) >= 11 is 0. The molecule has 0 spiro atoms. The van der Waals surface area contributed by atoms with E-state index in [-0.39, 0.29) is 145 Å². The van der Waals surface area contributed by atoms with Crippen molar-refractivity contribution in [3.63, 3.8) is 0 Å². The molecule has 0 amide bonds. The van der Waals surface area contributed by atoms with E-state index in [0.29, 0.717) is 0 Å². The van der Waals surface area contributed by atoms with Gasteiger partial charge in [-0.25, -0.2) is 0 Å². The Morgan fingerprint density at radius 1 is 1.00 bits per heavy atom. The van der Waals surface area contributed by atoms with Crippen LogP contribution in [0.3, 0.4) is 0 Å². The van der Waals surface area contributed by atoms with Crippen LogP contribution in [-0.2, 0) is 26.2 Å². The summed E-state index contributed by atoms with van der Waals surface area (Å²) < 4.78 is 0. The van der Waals surface area contributed by atoms with Gasteiger partial charge in [0.1, 0.15) is 0 Å². The van der Waals surface area contributed by atoms with Crippen LogP contribution < -0.4 is 0 Å². The predicted octanol–water partition coefficient (Wildman–Crippen LogP) is -0.00250. The van der Waals surface area contributed by atoms with Crippen LogP contribution in [0.1, 0.15) is 0 Å². The maximum atomic E-state index is 0. The molecule has 0 aromatic heterocycles. The van der Waals surface area contributed by atoms with E-state index in [4.69, 9.17) is 0 Å². The van der Waals surface area contributed by atoms with Crippen molar-refractivity contribution in [3.05, 3.63) is 0 Å². The Balaban J connectivity index is 0. The van der Waals surface area contributed by atoms with Gasteiger partial charge < -0.3 is 0 Å². The molecule has 0 rings (SSSR count). The van der Waals surface area contributed by atoms with Crippen molar-refractivity contribution < 1.29 is 145 Å². The Kier molecular flexibility index (Phi) is 90.9. The Labute approximate surface area is 140 Å². The van der Waals surface area contributed by atoms with Crippen LogP contribution in [0.4, 0.5) is 0 Å². The third kappa shape index (κ3) is 9.94. The number of hydrogen-bond acceptors (Lipinski definition) is 0. The van der Waals surface area contributed by atoms with Gasteiger partial charge in [0.15, 0.2) is 0 Å². The van der Waals surface area contributed by atoms with Gasteiger partial charge in [-0.15, -0.1) is 0 Å². The average Bonchev–Trinajstić information content (AvgIpc) is 0. The van der Waals surface area contributed by atoms with E-state index in [0.717, 1.165) is 0 Å². The topological polar surface area (TPSA) is 0 Å². The Morgan fingerprint density at radius 3 is 1.00 bits per heavy atom. The quantitative estimate of drug-likeness (QED) is 0.430. The smallest absolute Gasteiger partial charge is 0 e. The number of hydrogen-bond donors (Lipinski definition) is 0. The first kappa shape index (κ1) is 23.2. The van der Waals surface area contributed by atoms with Gasteiger partial charge in [-0.2, -0.15) is 0 Å². The maximum Gasteiger partial charge on any atom is 0 e. The molecule has 0 nitrogen and oxygen atoms in total. The van der Waals surface area contributed by atoms with Crippen molar-refractivity contribution in [1.82, 2.24) is 0 Å². The van der Waals surface area contributed by atoms with Gasteiger partial charge in [-0.05, 0) is 0 Å². The van der Waals surface area contributed by atoms with E-state index in [9.17, 15) is 0 Å².